The lowest BCUT2D eigenvalue weighted by atomic mass is 10.0. The minimum Gasteiger partial charge on any atom is -0.309 e. The molecule has 3 aliphatic rings. The number of rotatable bonds is 5. The summed E-state index contributed by atoms with van der Waals surface area (Å²) >= 11 is 0. The largest absolute Gasteiger partial charge is 0.309 e. The van der Waals surface area contributed by atoms with Gasteiger partial charge in [-0.25, -0.2) is 13.3 Å². The summed E-state index contributed by atoms with van der Waals surface area (Å²) in [6, 6.07) is 4.50. The van der Waals surface area contributed by atoms with Gasteiger partial charge in [-0.1, -0.05) is 0 Å². The first-order valence-corrected chi connectivity index (χ1v) is 11.7. The maximum atomic E-state index is 13.6. The zero-order valence-corrected chi connectivity index (χ0v) is 18.9. The Morgan fingerprint density at radius 3 is 2.73 bits per heavy atom. The van der Waals surface area contributed by atoms with E-state index in [1.807, 2.05) is 6.20 Å². The Labute approximate surface area is 192 Å². The van der Waals surface area contributed by atoms with E-state index in [-0.39, 0.29) is 17.8 Å². The Bertz CT molecular complexity index is 1030. The molecule has 3 fully saturated rings. The number of halogens is 2. The molecule has 2 aromatic heterocycles. The van der Waals surface area contributed by atoms with Crippen molar-refractivity contribution in [2.45, 2.75) is 51.1 Å². The molecule has 0 bridgehead atoms. The highest BCUT2D eigenvalue weighted by Crippen LogP contribution is 2.32. The van der Waals surface area contributed by atoms with Crippen molar-refractivity contribution in [2.75, 3.05) is 37.6 Å². The van der Waals surface area contributed by atoms with Crippen molar-refractivity contribution in [1.29, 1.82) is 5.41 Å². The van der Waals surface area contributed by atoms with Crippen LogP contribution < -0.4 is 10.2 Å². The highest BCUT2D eigenvalue weighted by atomic mass is 19.2. The molecule has 2 aromatic rings. The molecule has 10 heteroatoms. The number of fused-ring (bicyclic) bond motifs is 1. The van der Waals surface area contributed by atoms with Crippen molar-refractivity contribution in [3.63, 3.8) is 0 Å². The standard InChI is InChI=1S/C23H31F2N7O/c1-15-12-29(6-7-30(15)14-17-8-18(24)19(25)9-17)13-16-2-5-32-20(10-16)21(11-27-32)31-4-3-22(33)28-23(31)26/h2,5,10-11,15,17-19H,3-4,6-9,12-14H2,1H3,(H2,26,28,33)/t15-,17?,18-,19+/m0/s1. The number of pyridine rings is 1. The van der Waals surface area contributed by atoms with Crippen LogP contribution in [0.25, 0.3) is 5.52 Å². The van der Waals surface area contributed by atoms with Crippen LogP contribution >= 0.6 is 0 Å². The predicted molar refractivity (Wildman–Crippen MR) is 122 cm³/mol. The fourth-order valence-corrected chi connectivity index (χ4v) is 5.40. The van der Waals surface area contributed by atoms with E-state index in [1.165, 1.54) is 0 Å². The summed E-state index contributed by atoms with van der Waals surface area (Å²) in [6.07, 6.45) is 2.12. The quantitative estimate of drug-likeness (QED) is 0.717. The Morgan fingerprint density at radius 1 is 1.21 bits per heavy atom. The number of piperazine rings is 1. The summed E-state index contributed by atoms with van der Waals surface area (Å²) < 4.78 is 28.9. The second kappa shape index (κ2) is 8.98. The smallest absolute Gasteiger partial charge is 0.228 e. The average Bonchev–Trinajstić information content (AvgIpc) is 3.32. The monoisotopic (exact) mass is 459 g/mol. The lowest BCUT2D eigenvalue weighted by Crippen LogP contribution is -2.52. The van der Waals surface area contributed by atoms with E-state index in [0.717, 1.165) is 49.5 Å². The fraction of sp³-hybridized carbons (Fsp3) is 0.609. The highest BCUT2D eigenvalue weighted by Gasteiger charge is 2.36. The number of guanidine groups is 1. The van der Waals surface area contributed by atoms with Crippen LogP contribution in [0.2, 0.25) is 0 Å². The van der Waals surface area contributed by atoms with Gasteiger partial charge in [0.2, 0.25) is 11.9 Å². The number of carbonyl (C=O) groups excluding carboxylic acids is 1. The maximum absolute atomic E-state index is 13.6. The van der Waals surface area contributed by atoms with Gasteiger partial charge >= 0.3 is 0 Å². The minimum absolute atomic E-state index is 0.0805. The molecule has 0 radical (unpaired) electrons. The summed E-state index contributed by atoms with van der Waals surface area (Å²) in [5, 5.41) is 15.1. The number of alkyl halides is 2. The van der Waals surface area contributed by atoms with Gasteiger partial charge in [-0.15, -0.1) is 0 Å². The Balaban J connectivity index is 1.23. The van der Waals surface area contributed by atoms with Crippen LogP contribution in [0.3, 0.4) is 0 Å². The number of nitrogens with one attached hydrogen (secondary N) is 2. The number of nitrogens with zero attached hydrogens (tertiary/aromatic N) is 5. The molecular weight excluding hydrogens is 428 g/mol. The molecule has 5 rings (SSSR count). The molecule has 1 saturated carbocycles. The van der Waals surface area contributed by atoms with Gasteiger partial charge in [0.05, 0.1) is 17.4 Å². The molecule has 2 aliphatic heterocycles. The van der Waals surface area contributed by atoms with Gasteiger partial charge in [-0.2, -0.15) is 5.10 Å². The van der Waals surface area contributed by atoms with E-state index in [4.69, 9.17) is 5.41 Å². The predicted octanol–water partition coefficient (Wildman–Crippen LogP) is 2.19. The maximum Gasteiger partial charge on any atom is 0.228 e. The second-order valence-corrected chi connectivity index (χ2v) is 9.64. The molecular formula is C23H31F2N7O. The zero-order valence-electron chi connectivity index (χ0n) is 18.9. The molecule has 1 aliphatic carbocycles. The second-order valence-electron chi connectivity index (χ2n) is 9.64. The summed E-state index contributed by atoms with van der Waals surface area (Å²) in [6.45, 7) is 6.95. The van der Waals surface area contributed by atoms with E-state index in [9.17, 15) is 13.6 Å². The highest BCUT2D eigenvalue weighted by molar-refractivity contribution is 6.08. The van der Waals surface area contributed by atoms with E-state index < -0.39 is 12.3 Å². The minimum atomic E-state index is -1.29. The van der Waals surface area contributed by atoms with Crippen molar-refractivity contribution >= 4 is 23.1 Å². The van der Waals surface area contributed by atoms with Gasteiger partial charge in [0, 0.05) is 57.9 Å². The number of amides is 1. The first-order chi connectivity index (χ1) is 15.9. The van der Waals surface area contributed by atoms with E-state index in [0.29, 0.717) is 31.8 Å². The summed E-state index contributed by atoms with van der Waals surface area (Å²) in [5.41, 5.74) is 2.88. The molecule has 1 unspecified atom stereocenters. The van der Waals surface area contributed by atoms with Gasteiger partial charge in [-0.05, 0) is 43.4 Å². The molecule has 8 nitrogen and oxygen atoms in total. The van der Waals surface area contributed by atoms with Crippen LogP contribution in [0.4, 0.5) is 14.5 Å². The van der Waals surface area contributed by atoms with E-state index in [2.05, 4.69) is 39.3 Å². The third-order valence-corrected chi connectivity index (χ3v) is 7.20. The van der Waals surface area contributed by atoms with Crippen LogP contribution in [-0.2, 0) is 11.3 Å². The van der Waals surface area contributed by atoms with Crippen molar-refractivity contribution in [3.8, 4) is 0 Å². The third kappa shape index (κ3) is 4.59. The Hall–Kier alpha value is -2.59. The van der Waals surface area contributed by atoms with Gasteiger partial charge in [-0.3, -0.25) is 25.3 Å². The molecule has 178 valence electrons. The van der Waals surface area contributed by atoms with Crippen LogP contribution in [0.1, 0.15) is 31.7 Å². The number of anilines is 1. The Morgan fingerprint density at radius 2 is 2.00 bits per heavy atom. The summed E-state index contributed by atoms with van der Waals surface area (Å²) in [5.74, 6) is 0.0607. The molecule has 2 saturated heterocycles. The van der Waals surface area contributed by atoms with Gasteiger partial charge < -0.3 is 4.90 Å². The van der Waals surface area contributed by atoms with Gasteiger partial charge in [0.25, 0.3) is 0 Å². The molecule has 2 N–H and O–H groups in total. The SMILES string of the molecule is C[C@H]1CN(Cc2ccn3ncc(N4CCC(=O)NC4=N)c3c2)CCN1CC1C[C@@H](F)[C@@H](F)C1. The Kier molecular flexibility index (Phi) is 6.05. The van der Waals surface area contributed by atoms with Crippen molar-refractivity contribution < 1.29 is 13.6 Å². The van der Waals surface area contributed by atoms with Gasteiger partial charge in [0.15, 0.2) is 0 Å². The number of hydrogen-bond acceptors (Lipinski definition) is 5. The third-order valence-electron chi connectivity index (χ3n) is 7.20. The fourth-order valence-electron chi connectivity index (χ4n) is 5.40. The van der Waals surface area contributed by atoms with Crippen molar-refractivity contribution in [1.82, 2.24) is 24.7 Å². The molecule has 4 heterocycles. The van der Waals surface area contributed by atoms with Crippen molar-refractivity contribution in [3.05, 3.63) is 30.1 Å². The number of hydrogen-bond donors (Lipinski definition) is 2. The van der Waals surface area contributed by atoms with Crippen LogP contribution in [0, 0.1) is 11.3 Å². The first kappa shape index (κ1) is 22.2. The number of carbonyl (C=O) groups is 1. The van der Waals surface area contributed by atoms with Crippen LogP contribution in [-0.4, -0.2) is 82.4 Å². The topological polar surface area (TPSA) is 80.0 Å². The van der Waals surface area contributed by atoms with E-state index in [1.54, 1.807) is 15.6 Å². The molecule has 0 aromatic carbocycles. The summed E-state index contributed by atoms with van der Waals surface area (Å²) in [4.78, 5) is 18.1. The van der Waals surface area contributed by atoms with Crippen molar-refractivity contribution in [2.24, 2.45) is 5.92 Å². The number of aromatic nitrogens is 2. The average molecular weight is 460 g/mol. The lowest BCUT2D eigenvalue weighted by Gasteiger charge is -2.41. The molecule has 33 heavy (non-hydrogen) atoms. The normalized spacial score (nSPS) is 29.7. The lowest BCUT2D eigenvalue weighted by molar-refractivity contribution is -0.119. The summed E-state index contributed by atoms with van der Waals surface area (Å²) in [7, 11) is 0. The van der Waals surface area contributed by atoms with Gasteiger partial charge in [0.1, 0.15) is 12.3 Å². The molecule has 0 spiro atoms. The van der Waals surface area contributed by atoms with Crippen LogP contribution in [0.5, 0.6) is 0 Å². The van der Waals surface area contributed by atoms with E-state index >= 15 is 0 Å². The first-order valence-electron chi connectivity index (χ1n) is 11.7. The zero-order chi connectivity index (χ0) is 23.1. The van der Waals surface area contributed by atoms with Crippen LogP contribution in [0.15, 0.2) is 24.5 Å². The molecule has 1 amide bonds. The molecule has 4 atom stereocenters.